The molecule has 1 N–H and O–H groups in total. The van der Waals surface area contributed by atoms with Crippen molar-refractivity contribution in [3.8, 4) is 11.5 Å². The van der Waals surface area contributed by atoms with Crippen LogP contribution in [0, 0.1) is 5.92 Å². The smallest absolute Gasteiger partial charge is 0.415 e. The normalized spacial score (nSPS) is 14.3. The lowest BCUT2D eigenvalue weighted by molar-refractivity contribution is -0.121. The van der Waals surface area contributed by atoms with Gasteiger partial charge in [0, 0.05) is 26.1 Å². The van der Waals surface area contributed by atoms with Crippen LogP contribution in [0.2, 0.25) is 0 Å². The van der Waals surface area contributed by atoms with Crippen molar-refractivity contribution in [2.75, 3.05) is 26.7 Å². The number of piperidine rings is 1. The molecule has 0 aromatic heterocycles. The third-order valence-electron chi connectivity index (χ3n) is 5.21. The van der Waals surface area contributed by atoms with Gasteiger partial charge in [-0.2, -0.15) is 0 Å². The second-order valence-corrected chi connectivity index (χ2v) is 7.26. The molecule has 1 saturated heterocycles. The number of para-hydroxylation sites is 1. The Labute approximate surface area is 171 Å². The molecule has 6 heteroatoms. The number of aryl methyl sites for hydroxylation is 1. The molecule has 0 spiro atoms. The van der Waals surface area contributed by atoms with Crippen molar-refractivity contribution in [3.63, 3.8) is 0 Å². The highest BCUT2D eigenvalue weighted by molar-refractivity contribution is 5.76. The SMILES string of the molecule is COc1ccc(CCC(=O)NCC2CCN(C(=O)Oc3ccccc3)CC2)cc1. The second kappa shape index (κ2) is 10.5. The predicted molar refractivity (Wildman–Crippen MR) is 111 cm³/mol. The quantitative estimate of drug-likeness (QED) is 0.776. The number of methoxy groups -OCH3 is 1. The Kier molecular flexibility index (Phi) is 7.50. The minimum Gasteiger partial charge on any atom is -0.497 e. The number of carbonyl (C=O) groups excluding carboxylic acids is 2. The summed E-state index contributed by atoms with van der Waals surface area (Å²) in [6, 6.07) is 16.9. The highest BCUT2D eigenvalue weighted by atomic mass is 16.6. The van der Waals surface area contributed by atoms with Crippen molar-refractivity contribution in [2.24, 2.45) is 5.92 Å². The number of amides is 2. The van der Waals surface area contributed by atoms with E-state index in [0.717, 1.165) is 24.2 Å². The van der Waals surface area contributed by atoms with Crippen LogP contribution in [0.25, 0.3) is 0 Å². The van der Waals surface area contributed by atoms with Gasteiger partial charge in [-0.15, -0.1) is 0 Å². The molecule has 1 heterocycles. The van der Waals surface area contributed by atoms with Gasteiger partial charge < -0.3 is 19.7 Å². The molecule has 0 bridgehead atoms. The molecule has 0 unspecified atom stereocenters. The van der Waals surface area contributed by atoms with E-state index in [4.69, 9.17) is 9.47 Å². The van der Waals surface area contributed by atoms with E-state index in [1.807, 2.05) is 42.5 Å². The highest BCUT2D eigenvalue weighted by Crippen LogP contribution is 2.19. The van der Waals surface area contributed by atoms with E-state index in [-0.39, 0.29) is 12.0 Å². The average Bonchev–Trinajstić information content (AvgIpc) is 2.77. The summed E-state index contributed by atoms with van der Waals surface area (Å²) in [6.07, 6.45) is 2.60. The van der Waals surface area contributed by atoms with E-state index in [2.05, 4.69) is 5.32 Å². The van der Waals surface area contributed by atoms with Crippen LogP contribution in [0.15, 0.2) is 54.6 Å². The predicted octanol–water partition coefficient (Wildman–Crippen LogP) is 3.66. The van der Waals surface area contributed by atoms with Gasteiger partial charge in [0.1, 0.15) is 11.5 Å². The molecule has 1 aliphatic rings. The standard InChI is InChI=1S/C23H28N2O4/c1-28-20-10-7-18(8-11-20)9-12-22(26)24-17-19-13-15-25(16-14-19)23(27)29-21-5-3-2-4-6-21/h2-8,10-11,19H,9,12-17H2,1H3,(H,24,26). The Morgan fingerprint density at radius 1 is 1.00 bits per heavy atom. The first kappa shape index (κ1) is 20.7. The molecule has 6 nitrogen and oxygen atoms in total. The van der Waals surface area contributed by atoms with Gasteiger partial charge in [0.25, 0.3) is 0 Å². The Balaban J connectivity index is 1.32. The minimum atomic E-state index is -0.307. The summed E-state index contributed by atoms with van der Waals surface area (Å²) in [5.74, 6) is 1.83. The maximum Gasteiger partial charge on any atom is 0.415 e. The summed E-state index contributed by atoms with van der Waals surface area (Å²) >= 11 is 0. The summed E-state index contributed by atoms with van der Waals surface area (Å²) in [5, 5.41) is 3.03. The number of nitrogens with one attached hydrogen (secondary N) is 1. The Morgan fingerprint density at radius 2 is 1.69 bits per heavy atom. The molecule has 0 saturated carbocycles. The zero-order valence-corrected chi connectivity index (χ0v) is 16.8. The van der Waals surface area contributed by atoms with Crippen LogP contribution in [0.5, 0.6) is 11.5 Å². The van der Waals surface area contributed by atoms with E-state index < -0.39 is 0 Å². The summed E-state index contributed by atoms with van der Waals surface area (Å²) in [7, 11) is 1.64. The molecule has 29 heavy (non-hydrogen) atoms. The van der Waals surface area contributed by atoms with Crippen LogP contribution in [0.1, 0.15) is 24.8 Å². The lowest BCUT2D eigenvalue weighted by Gasteiger charge is -2.31. The number of hydrogen-bond acceptors (Lipinski definition) is 4. The zero-order chi connectivity index (χ0) is 20.5. The molecule has 2 amide bonds. The first-order valence-electron chi connectivity index (χ1n) is 10.1. The van der Waals surface area contributed by atoms with Crippen molar-refractivity contribution < 1.29 is 19.1 Å². The number of ether oxygens (including phenoxy) is 2. The van der Waals surface area contributed by atoms with Crippen LogP contribution in [0.3, 0.4) is 0 Å². The van der Waals surface area contributed by atoms with Gasteiger partial charge >= 0.3 is 6.09 Å². The van der Waals surface area contributed by atoms with Crippen LogP contribution in [-0.2, 0) is 11.2 Å². The lowest BCUT2D eigenvalue weighted by Crippen LogP contribution is -2.42. The molecule has 0 atom stereocenters. The number of rotatable bonds is 7. The van der Waals surface area contributed by atoms with Gasteiger partial charge in [0.05, 0.1) is 7.11 Å². The average molecular weight is 396 g/mol. The summed E-state index contributed by atoms with van der Waals surface area (Å²) < 4.78 is 10.5. The number of likely N-dealkylation sites (tertiary alicyclic amines) is 1. The van der Waals surface area contributed by atoms with E-state index in [0.29, 0.717) is 44.1 Å². The maximum atomic E-state index is 12.2. The van der Waals surface area contributed by atoms with E-state index in [9.17, 15) is 9.59 Å². The number of carbonyl (C=O) groups is 2. The van der Waals surface area contributed by atoms with Crippen molar-refractivity contribution in [1.29, 1.82) is 0 Å². The van der Waals surface area contributed by atoms with Crippen LogP contribution in [0.4, 0.5) is 4.79 Å². The Hall–Kier alpha value is -3.02. The fourth-order valence-corrected chi connectivity index (χ4v) is 3.37. The van der Waals surface area contributed by atoms with Crippen molar-refractivity contribution >= 4 is 12.0 Å². The van der Waals surface area contributed by atoms with E-state index >= 15 is 0 Å². The fourth-order valence-electron chi connectivity index (χ4n) is 3.37. The molecule has 1 fully saturated rings. The van der Waals surface area contributed by atoms with Gasteiger partial charge in [-0.1, -0.05) is 30.3 Å². The third-order valence-corrected chi connectivity index (χ3v) is 5.21. The topological polar surface area (TPSA) is 67.9 Å². The zero-order valence-electron chi connectivity index (χ0n) is 16.8. The first-order chi connectivity index (χ1) is 14.1. The molecule has 2 aromatic rings. The number of benzene rings is 2. The largest absolute Gasteiger partial charge is 0.497 e. The van der Waals surface area contributed by atoms with Crippen molar-refractivity contribution in [3.05, 3.63) is 60.2 Å². The number of nitrogens with zero attached hydrogens (tertiary/aromatic N) is 1. The molecule has 0 aliphatic carbocycles. The second-order valence-electron chi connectivity index (χ2n) is 7.26. The summed E-state index contributed by atoms with van der Waals surface area (Å²) in [6.45, 7) is 1.96. The van der Waals surface area contributed by atoms with Crippen molar-refractivity contribution in [2.45, 2.75) is 25.7 Å². The highest BCUT2D eigenvalue weighted by Gasteiger charge is 2.24. The number of hydrogen-bond donors (Lipinski definition) is 1. The summed E-state index contributed by atoms with van der Waals surface area (Å²) in [5.41, 5.74) is 1.12. The van der Waals surface area contributed by atoms with Crippen LogP contribution >= 0.6 is 0 Å². The van der Waals surface area contributed by atoms with Gasteiger partial charge in [-0.05, 0) is 55.0 Å². The van der Waals surface area contributed by atoms with Gasteiger partial charge in [0.2, 0.25) is 5.91 Å². The molecule has 154 valence electrons. The molecular formula is C23H28N2O4. The van der Waals surface area contributed by atoms with E-state index in [1.54, 1.807) is 24.1 Å². The molecular weight excluding hydrogens is 368 g/mol. The fraction of sp³-hybridized carbons (Fsp3) is 0.391. The van der Waals surface area contributed by atoms with Gasteiger partial charge in [-0.25, -0.2) is 4.79 Å². The monoisotopic (exact) mass is 396 g/mol. The first-order valence-corrected chi connectivity index (χ1v) is 10.1. The maximum absolute atomic E-state index is 12.2. The minimum absolute atomic E-state index is 0.0618. The molecule has 0 radical (unpaired) electrons. The Morgan fingerprint density at radius 3 is 2.34 bits per heavy atom. The lowest BCUT2D eigenvalue weighted by atomic mass is 9.97. The Bertz CT molecular complexity index is 784. The molecule has 1 aliphatic heterocycles. The third kappa shape index (κ3) is 6.52. The van der Waals surface area contributed by atoms with Crippen LogP contribution < -0.4 is 14.8 Å². The van der Waals surface area contributed by atoms with Crippen molar-refractivity contribution in [1.82, 2.24) is 10.2 Å². The summed E-state index contributed by atoms with van der Waals surface area (Å²) in [4.78, 5) is 26.1. The van der Waals surface area contributed by atoms with Gasteiger partial charge in [-0.3, -0.25) is 4.79 Å². The van der Waals surface area contributed by atoms with E-state index in [1.165, 1.54) is 0 Å². The molecule has 2 aromatic carbocycles. The molecule has 3 rings (SSSR count). The van der Waals surface area contributed by atoms with Crippen LogP contribution in [-0.4, -0.2) is 43.6 Å². The van der Waals surface area contributed by atoms with Gasteiger partial charge in [0.15, 0.2) is 0 Å².